The number of benzene rings is 3. The molecule has 2 aromatic heterocycles. The maximum atomic E-state index is 4.93. The van der Waals surface area contributed by atoms with Gasteiger partial charge in [0.15, 0.2) is 0 Å². The van der Waals surface area contributed by atoms with E-state index in [1.165, 1.54) is 44.6 Å². The first-order valence-electron chi connectivity index (χ1n) is 15.1. The molecule has 3 aromatic carbocycles. The smallest absolute Gasteiger partial charge is 0.255 e. The van der Waals surface area contributed by atoms with Crippen molar-refractivity contribution < 1.29 is 0 Å². The largest absolute Gasteiger partial charge is 0.312 e. The van der Waals surface area contributed by atoms with Gasteiger partial charge in [0.1, 0.15) is 24.0 Å². The topological polar surface area (TPSA) is 49.2 Å². The molecule has 0 saturated carbocycles. The molecular weight excluding hydrogens is 539 g/mol. The zero-order valence-corrected chi connectivity index (χ0v) is 24.4. The number of para-hydroxylation sites is 2. The van der Waals surface area contributed by atoms with Gasteiger partial charge in [-0.25, -0.2) is 9.97 Å². The van der Waals surface area contributed by atoms with Crippen molar-refractivity contribution >= 4 is 62.6 Å². The SMILES string of the molecule is C=C/C=C\C(=C/C)N1c2ccccc2B2c3c1ccc1c3N(c3c2c2cncnc2n3-c2ccccc2)C2NCC=CC=C12. The summed E-state index contributed by atoms with van der Waals surface area (Å²) in [5, 5.41) is 4.93. The standard InChI is InChI=1S/C37H29BN6/c1-3-5-13-24(4-2)42-30-18-10-9-17-29(30)38-32-28-22-39-23-41-36(28)43(25-14-7-6-8-15-25)37(32)44-34-26(19-20-31(42)33(34)38)27-16-11-12-21-40-35(27)44/h3-20,22-23,35,40H,1,21H2,2H3/b13-5-,24-4+. The third-order valence-electron chi connectivity index (χ3n) is 9.29. The van der Waals surface area contributed by atoms with Crippen LogP contribution >= 0.6 is 0 Å². The van der Waals surface area contributed by atoms with E-state index in [-0.39, 0.29) is 12.9 Å². The van der Waals surface area contributed by atoms with E-state index in [9.17, 15) is 0 Å². The summed E-state index contributed by atoms with van der Waals surface area (Å²) in [4.78, 5) is 14.5. The number of hydrogen-bond donors (Lipinski definition) is 1. The Morgan fingerprint density at radius 1 is 1.02 bits per heavy atom. The number of nitrogens with one attached hydrogen (secondary N) is 1. The maximum absolute atomic E-state index is 4.93. The summed E-state index contributed by atoms with van der Waals surface area (Å²) < 4.78 is 2.34. The molecule has 1 N–H and O–H groups in total. The van der Waals surface area contributed by atoms with Crippen LogP contribution in [0, 0.1) is 0 Å². The molecule has 0 radical (unpaired) electrons. The highest BCUT2D eigenvalue weighted by Gasteiger charge is 2.51. The number of nitrogens with zero attached hydrogens (tertiary/aromatic N) is 5. The molecule has 6 nitrogen and oxygen atoms in total. The lowest BCUT2D eigenvalue weighted by Gasteiger charge is -2.43. The summed E-state index contributed by atoms with van der Waals surface area (Å²) in [6.45, 7) is 6.82. The van der Waals surface area contributed by atoms with E-state index in [4.69, 9.17) is 4.98 Å². The number of aromatic nitrogens is 3. The quantitative estimate of drug-likeness (QED) is 0.234. The molecule has 6 heterocycles. The highest BCUT2D eigenvalue weighted by atomic mass is 15.4. The summed E-state index contributed by atoms with van der Waals surface area (Å²) in [5.41, 5.74) is 13.1. The van der Waals surface area contributed by atoms with Crippen LogP contribution in [0.3, 0.4) is 0 Å². The first-order valence-corrected chi connectivity index (χ1v) is 15.1. The Kier molecular flexibility index (Phi) is 5.46. The first-order chi connectivity index (χ1) is 21.8. The van der Waals surface area contributed by atoms with Crippen molar-refractivity contribution in [2.75, 3.05) is 16.3 Å². The summed E-state index contributed by atoms with van der Waals surface area (Å²) in [6.07, 6.45) is 18.5. The lowest BCUT2D eigenvalue weighted by atomic mass is 9.33. The molecule has 0 bridgehead atoms. The van der Waals surface area contributed by atoms with Crippen molar-refractivity contribution in [2.24, 2.45) is 0 Å². The Bertz CT molecular complexity index is 2140. The normalized spacial score (nSPS) is 17.8. The molecule has 1 atom stereocenters. The van der Waals surface area contributed by atoms with Gasteiger partial charge >= 0.3 is 0 Å². The fraction of sp³-hybridized carbons (Fsp3) is 0.0811. The summed E-state index contributed by atoms with van der Waals surface area (Å²) in [7, 11) is 0. The van der Waals surface area contributed by atoms with E-state index < -0.39 is 0 Å². The van der Waals surface area contributed by atoms with E-state index >= 15 is 0 Å². The number of allylic oxidation sites excluding steroid dienone is 6. The van der Waals surface area contributed by atoms with Crippen LogP contribution < -0.4 is 31.5 Å². The van der Waals surface area contributed by atoms with Crippen LogP contribution in [0.25, 0.3) is 22.3 Å². The zero-order valence-electron chi connectivity index (χ0n) is 24.4. The van der Waals surface area contributed by atoms with E-state index in [2.05, 4.69) is 135 Å². The molecule has 0 spiro atoms. The van der Waals surface area contributed by atoms with Crippen LogP contribution in [0.5, 0.6) is 0 Å². The van der Waals surface area contributed by atoms with Crippen molar-refractivity contribution in [1.29, 1.82) is 0 Å². The molecule has 4 aliphatic rings. The van der Waals surface area contributed by atoms with E-state index in [1.807, 2.05) is 18.3 Å². The molecule has 1 unspecified atom stereocenters. The van der Waals surface area contributed by atoms with Gasteiger partial charge in [-0.05, 0) is 59.2 Å². The van der Waals surface area contributed by atoms with Gasteiger partial charge < -0.3 is 9.80 Å². The second-order valence-corrected chi connectivity index (χ2v) is 11.4. The van der Waals surface area contributed by atoms with Gasteiger partial charge in [-0.2, -0.15) is 0 Å². The third-order valence-corrected chi connectivity index (χ3v) is 9.29. The minimum Gasteiger partial charge on any atom is -0.312 e. The molecule has 4 aliphatic heterocycles. The van der Waals surface area contributed by atoms with Crippen molar-refractivity contribution in [2.45, 2.75) is 13.1 Å². The minimum atomic E-state index is -0.0293. The average molecular weight is 568 g/mol. The van der Waals surface area contributed by atoms with Gasteiger partial charge in [-0.3, -0.25) is 9.88 Å². The molecule has 0 fully saturated rings. The molecule has 44 heavy (non-hydrogen) atoms. The second-order valence-electron chi connectivity index (χ2n) is 11.4. The molecule has 0 aliphatic carbocycles. The molecular formula is C37H29BN6. The lowest BCUT2D eigenvalue weighted by molar-refractivity contribution is 0.666. The second kappa shape index (κ2) is 9.56. The zero-order chi connectivity index (χ0) is 29.4. The lowest BCUT2D eigenvalue weighted by Crippen LogP contribution is -2.63. The van der Waals surface area contributed by atoms with Gasteiger partial charge in [-0.1, -0.05) is 85.5 Å². The third kappa shape index (κ3) is 3.24. The molecule has 0 amide bonds. The molecule has 210 valence electrons. The Hall–Kier alpha value is -5.40. The predicted octanol–water partition coefficient (Wildman–Crippen LogP) is 5.37. The van der Waals surface area contributed by atoms with Gasteiger partial charge in [0.2, 0.25) is 0 Å². The van der Waals surface area contributed by atoms with Crippen LogP contribution in [0.1, 0.15) is 12.5 Å². The predicted molar refractivity (Wildman–Crippen MR) is 183 cm³/mol. The van der Waals surface area contributed by atoms with Crippen LogP contribution in [0.15, 0.2) is 134 Å². The van der Waals surface area contributed by atoms with Crippen LogP contribution in [0.4, 0.5) is 22.9 Å². The van der Waals surface area contributed by atoms with Crippen molar-refractivity contribution in [3.63, 3.8) is 0 Å². The van der Waals surface area contributed by atoms with Gasteiger partial charge in [0, 0.05) is 52.1 Å². The Labute approximate surface area is 256 Å². The van der Waals surface area contributed by atoms with Gasteiger partial charge in [-0.15, -0.1) is 0 Å². The van der Waals surface area contributed by atoms with Crippen molar-refractivity contribution in [3.8, 4) is 5.69 Å². The molecule has 0 saturated heterocycles. The maximum Gasteiger partial charge on any atom is 0.255 e. The molecule has 5 aromatic rings. The highest BCUT2D eigenvalue weighted by Crippen LogP contribution is 2.50. The summed E-state index contributed by atoms with van der Waals surface area (Å²) >= 11 is 0. The van der Waals surface area contributed by atoms with Crippen LogP contribution in [0.2, 0.25) is 0 Å². The Morgan fingerprint density at radius 3 is 2.75 bits per heavy atom. The minimum absolute atomic E-state index is 0.00270. The fourth-order valence-electron chi connectivity index (χ4n) is 7.66. The number of rotatable bonds is 4. The van der Waals surface area contributed by atoms with E-state index in [0.717, 1.165) is 34.8 Å². The molecule has 7 heteroatoms. The first kappa shape index (κ1) is 25.1. The van der Waals surface area contributed by atoms with Crippen molar-refractivity contribution in [1.82, 2.24) is 19.9 Å². The summed E-state index contributed by atoms with van der Waals surface area (Å²) in [6, 6.07) is 24.1. The highest BCUT2D eigenvalue weighted by molar-refractivity contribution is 7.01. The van der Waals surface area contributed by atoms with Gasteiger partial charge in [0.25, 0.3) is 6.71 Å². The monoisotopic (exact) mass is 568 g/mol. The number of fused-ring (bicyclic) bond motifs is 10. The average Bonchev–Trinajstić information content (AvgIpc) is 3.46. The Morgan fingerprint density at radius 2 is 1.89 bits per heavy atom. The van der Waals surface area contributed by atoms with Crippen LogP contribution in [-0.2, 0) is 0 Å². The van der Waals surface area contributed by atoms with Gasteiger partial charge in [0.05, 0.1) is 0 Å². The number of hydrogen-bond acceptors (Lipinski definition) is 5. The van der Waals surface area contributed by atoms with E-state index in [1.54, 1.807) is 6.33 Å². The van der Waals surface area contributed by atoms with Crippen LogP contribution in [-0.4, -0.2) is 34.0 Å². The van der Waals surface area contributed by atoms with E-state index in [0.29, 0.717) is 0 Å². The van der Waals surface area contributed by atoms with Crippen molar-refractivity contribution in [3.05, 3.63) is 140 Å². The summed E-state index contributed by atoms with van der Waals surface area (Å²) in [5.74, 6) is 1.14. The Balaban J connectivity index is 1.45. The molecule has 9 rings (SSSR count). The fourth-order valence-corrected chi connectivity index (χ4v) is 7.66. The number of anilines is 4.